The Hall–Kier alpha value is -4.37. The molecule has 3 N–H and O–H groups in total. The third-order valence-electron chi connectivity index (χ3n) is 6.32. The quantitative estimate of drug-likeness (QED) is 0.455. The number of benzene rings is 2. The molecule has 0 radical (unpaired) electrons. The summed E-state index contributed by atoms with van der Waals surface area (Å²) in [5.74, 6) is 0.196. The fraction of sp³-hybridized carbons (Fsp3) is 0.192. The van der Waals surface area contributed by atoms with Crippen LogP contribution in [0.2, 0.25) is 0 Å². The Morgan fingerprint density at radius 3 is 2.69 bits per heavy atom. The van der Waals surface area contributed by atoms with Gasteiger partial charge in [0, 0.05) is 28.3 Å². The number of hydrazone groups is 1. The van der Waals surface area contributed by atoms with Gasteiger partial charge in [-0.05, 0) is 12.1 Å². The maximum absolute atomic E-state index is 9.26. The second-order valence-electron chi connectivity index (χ2n) is 8.56. The average molecular weight is 465 g/mol. The van der Waals surface area contributed by atoms with Crippen molar-refractivity contribution >= 4 is 28.8 Å². The molecule has 9 heteroatoms. The Labute approximate surface area is 202 Å². The van der Waals surface area contributed by atoms with Gasteiger partial charge in [-0.2, -0.15) is 10.2 Å². The molecule has 0 fully saturated rings. The highest BCUT2D eigenvalue weighted by atomic mass is 16.3. The van der Waals surface area contributed by atoms with E-state index in [9.17, 15) is 5.11 Å². The first-order valence-electron chi connectivity index (χ1n) is 11.5. The molecule has 2 aromatic heterocycles. The monoisotopic (exact) mass is 464 g/mol. The highest BCUT2D eigenvalue weighted by Gasteiger charge is 2.42. The third kappa shape index (κ3) is 3.85. The Bertz CT molecular complexity index is 1470. The van der Waals surface area contributed by atoms with Crippen molar-refractivity contribution in [3.8, 4) is 11.3 Å². The van der Waals surface area contributed by atoms with Gasteiger partial charge in [0.1, 0.15) is 18.1 Å². The van der Waals surface area contributed by atoms with Crippen LogP contribution in [0.15, 0.2) is 88.1 Å². The van der Waals surface area contributed by atoms with E-state index in [-0.39, 0.29) is 18.7 Å². The molecule has 0 saturated heterocycles. The molecule has 9 nitrogen and oxygen atoms in total. The zero-order chi connectivity index (χ0) is 23.8. The van der Waals surface area contributed by atoms with E-state index in [0.29, 0.717) is 18.9 Å². The molecule has 2 aliphatic heterocycles. The van der Waals surface area contributed by atoms with Crippen molar-refractivity contribution in [3.63, 3.8) is 0 Å². The van der Waals surface area contributed by atoms with Crippen molar-refractivity contribution < 1.29 is 5.11 Å². The summed E-state index contributed by atoms with van der Waals surface area (Å²) in [4.78, 5) is 13.9. The SMILES string of the molecule is NC1=NC=NC2C1C(c1cnn(CCO)c1)=NN2Cc1cc2ccccc2nc1-c1ccccc1. The first-order valence-corrected chi connectivity index (χ1v) is 11.5. The number of aliphatic hydroxyl groups excluding tert-OH is 1. The maximum Gasteiger partial charge on any atom is 0.154 e. The summed E-state index contributed by atoms with van der Waals surface area (Å²) in [6.45, 7) is 0.926. The lowest BCUT2D eigenvalue weighted by Gasteiger charge is -2.26. The lowest BCUT2D eigenvalue weighted by molar-refractivity contribution is 0.214. The number of hydrogen-bond donors (Lipinski definition) is 2. The summed E-state index contributed by atoms with van der Waals surface area (Å²) in [6.07, 6.45) is 4.81. The summed E-state index contributed by atoms with van der Waals surface area (Å²) < 4.78 is 1.69. The number of amidine groups is 1. The first kappa shape index (κ1) is 21.2. The number of fused-ring (bicyclic) bond motifs is 2. The van der Waals surface area contributed by atoms with Crippen LogP contribution in [0.25, 0.3) is 22.2 Å². The van der Waals surface area contributed by atoms with E-state index >= 15 is 0 Å². The van der Waals surface area contributed by atoms with Gasteiger partial charge in [-0.25, -0.2) is 15.0 Å². The Balaban J connectivity index is 1.43. The smallest absolute Gasteiger partial charge is 0.154 e. The topological polar surface area (TPSA) is 117 Å². The van der Waals surface area contributed by atoms with Gasteiger partial charge in [0.25, 0.3) is 0 Å². The number of pyridine rings is 1. The molecule has 0 bridgehead atoms. The van der Waals surface area contributed by atoms with Gasteiger partial charge in [-0.3, -0.25) is 9.69 Å². The van der Waals surface area contributed by atoms with Crippen molar-refractivity contribution in [2.75, 3.05) is 6.61 Å². The highest BCUT2D eigenvalue weighted by Crippen LogP contribution is 2.33. The van der Waals surface area contributed by atoms with E-state index in [1.807, 2.05) is 47.6 Å². The Kier molecular flexibility index (Phi) is 5.31. The van der Waals surface area contributed by atoms with Crippen molar-refractivity contribution in [2.24, 2.45) is 26.7 Å². The molecular weight excluding hydrogens is 440 g/mol. The maximum atomic E-state index is 9.26. The first-order chi connectivity index (χ1) is 17.2. The molecule has 0 spiro atoms. The third-order valence-corrected chi connectivity index (χ3v) is 6.32. The Morgan fingerprint density at radius 1 is 1.00 bits per heavy atom. The van der Waals surface area contributed by atoms with Crippen LogP contribution in [0.1, 0.15) is 11.1 Å². The molecule has 2 aliphatic rings. The molecule has 0 amide bonds. The van der Waals surface area contributed by atoms with Crippen LogP contribution in [0.4, 0.5) is 0 Å². The normalized spacial score (nSPS) is 19.1. The second-order valence-corrected chi connectivity index (χ2v) is 8.56. The highest BCUT2D eigenvalue weighted by molar-refractivity contribution is 6.17. The summed E-state index contributed by atoms with van der Waals surface area (Å²) >= 11 is 0. The van der Waals surface area contributed by atoms with E-state index in [1.54, 1.807) is 10.9 Å². The molecule has 174 valence electrons. The molecule has 6 rings (SSSR count). The summed E-state index contributed by atoms with van der Waals surface area (Å²) in [7, 11) is 0. The molecule has 4 heterocycles. The van der Waals surface area contributed by atoms with Crippen LogP contribution in [0.3, 0.4) is 0 Å². The number of rotatable bonds is 6. The number of nitrogens with zero attached hydrogens (tertiary/aromatic N) is 7. The largest absolute Gasteiger partial charge is 0.394 e. The minimum Gasteiger partial charge on any atom is -0.394 e. The van der Waals surface area contributed by atoms with Gasteiger partial charge >= 0.3 is 0 Å². The number of aliphatic imine (C=N–C) groups is 2. The fourth-order valence-corrected chi connectivity index (χ4v) is 4.66. The van der Waals surface area contributed by atoms with Crippen molar-refractivity contribution in [2.45, 2.75) is 19.3 Å². The predicted molar refractivity (Wildman–Crippen MR) is 136 cm³/mol. The Morgan fingerprint density at radius 2 is 1.83 bits per heavy atom. The van der Waals surface area contributed by atoms with E-state index in [0.717, 1.165) is 39.0 Å². The van der Waals surface area contributed by atoms with Gasteiger partial charge in [0.2, 0.25) is 0 Å². The van der Waals surface area contributed by atoms with Gasteiger partial charge in [0.05, 0.1) is 42.8 Å². The fourth-order valence-electron chi connectivity index (χ4n) is 4.66. The number of nitrogens with two attached hydrogens (primary N) is 1. The number of para-hydroxylation sites is 1. The van der Waals surface area contributed by atoms with Gasteiger partial charge in [0.15, 0.2) is 6.17 Å². The van der Waals surface area contributed by atoms with Crippen molar-refractivity contribution in [1.82, 2.24) is 19.8 Å². The van der Waals surface area contributed by atoms with Gasteiger partial charge in [-0.15, -0.1) is 0 Å². The lowest BCUT2D eigenvalue weighted by Crippen LogP contribution is -2.42. The molecule has 0 saturated carbocycles. The zero-order valence-corrected chi connectivity index (χ0v) is 18.9. The van der Waals surface area contributed by atoms with E-state index in [4.69, 9.17) is 15.8 Å². The molecule has 0 aliphatic carbocycles. The van der Waals surface area contributed by atoms with Crippen LogP contribution in [0.5, 0.6) is 0 Å². The molecule has 2 atom stereocenters. The predicted octanol–water partition coefficient (Wildman–Crippen LogP) is 2.65. The minimum atomic E-state index is -0.307. The zero-order valence-electron chi connectivity index (χ0n) is 18.9. The van der Waals surface area contributed by atoms with Crippen molar-refractivity contribution in [3.05, 3.63) is 84.2 Å². The molecular formula is C26H24N8O. The lowest BCUT2D eigenvalue weighted by atomic mass is 9.95. The van der Waals surface area contributed by atoms with Crippen molar-refractivity contribution in [1.29, 1.82) is 0 Å². The number of hydrogen-bond acceptors (Lipinski definition) is 8. The van der Waals surface area contributed by atoms with Gasteiger partial charge < -0.3 is 10.8 Å². The second kappa shape index (κ2) is 8.77. The average Bonchev–Trinajstić information content (AvgIpc) is 3.50. The van der Waals surface area contributed by atoms with Gasteiger partial charge in [-0.1, -0.05) is 48.5 Å². The van der Waals surface area contributed by atoms with Crippen LogP contribution in [-0.4, -0.2) is 55.5 Å². The molecule has 4 aromatic rings. The van der Waals surface area contributed by atoms with E-state index in [2.05, 4.69) is 39.3 Å². The summed E-state index contributed by atoms with van der Waals surface area (Å²) in [5.41, 5.74) is 11.9. The van der Waals surface area contributed by atoms with E-state index in [1.165, 1.54) is 6.34 Å². The van der Waals surface area contributed by atoms with E-state index < -0.39 is 0 Å². The summed E-state index contributed by atoms with van der Waals surface area (Å²) in [5, 5.41) is 21.6. The number of aliphatic hydroxyl groups is 1. The van der Waals surface area contributed by atoms with Crippen LogP contribution < -0.4 is 5.73 Å². The van der Waals surface area contributed by atoms with Crippen LogP contribution in [0, 0.1) is 5.92 Å². The summed E-state index contributed by atoms with van der Waals surface area (Å²) in [6, 6.07) is 20.5. The minimum absolute atomic E-state index is 0.0108. The number of aromatic nitrogens is 3. The van der Waals surface area contributed by atoms with Crippen LogP contribution in [-0.2, 0) is 13.1 Å². The molecule has 2 aromatic carbocycles. The molecule has 35 heavy (non-hydrogen) atoms. The van der Waals surface area contributed by atoms with Crippen LogP contribution >= 0.6 is 0 Å². The standard InChI is InChI=1S/C26H24N8O/c27-25-22-24(20-13-30-33(14-20)10-11-35)32-34(26(22)29-16-28-25)15-19-12-18-8-4-5-9-21(18)31-23(19)17-6-2-1-3-7-17/h1-9,12-14,16,22,26,35H,10-11,15H2,(H2,27,28,29). The molecule has 2 unspecified atom stereocenters.